The van der Waals surface area contributed by atoms with Crippen LogP contribution in [0.3, 0.4) is 0 Å². The summed E-state index contributed by atoms with van der Waals surface area (Å²) in [4.78, 5) is 12.5. The normalized spacial score (nSPS) is 14.0. The maximum Gasteiger partial charge on any atom is 0.241 e. The zero-order valence-corrected chi connectivity index (χ0v) is 16.5. The Bertz CT molecular complexity index is 1180. The maximum atomic E-state index is 12.7. The third kappa shape index (κ3) is 4.18. The molecule has 3 aromatic rings. The summed E-state index contributed by atoms with van der Waals surface area (Å²) in [6, 6.07) is 16.8. The van der Waals surface area contributed by atoms with Crippen LogP contribution in [0, 0.1) is 0 Å². The number of rotatable bonds is 6. The van der Waals surface area contributed by atoms with Crippen molar-refractivity contribution in [2.45, 2.75) is 24.4 Å². The summed E-state index contributed by atoms with van der Waals surface area (Å²) < 4.78 is 38.3. The van der Waals surface area contributed by atoms with Crippen molar-refractivity contribution in [1.82, 2.24) is 10.0 Å². The highest BCUT2D eigenvalue weighted by molar-refractivity contribution is 7.89. The van der Waals surface area contributed by atoms with Gasteiger partial charge in [-0.3, -0.25) is 4.79 Å². The molecule has 0 radical (unpaired) electrons. The number of nitrogens with one attached hydrogen (secondary N) is 2. The monoisotopic (exact) mass is 412 g/mol. The lowest BCUT2D eigenvalue weighted by molar-refractivity contribution is -0.122. The number of amides is 1. The van der Waals surface area contributed by atoms with Gasteiger partial charge in [0.05, 0.1) is 10.9 Å². The van der Waals surface area contributed by atoms with Crippen molar-refractivity contribution >= 4 is 26.7 Å². The molecule has 0 saturated heterocycles. The lowest BCUT2D eigenvalue weighted by Crippen LogP contribution is -2.44. The van der Waals surface area contributed by atoms with Gasteiger partial charge in [0, 0.05) is 6.54 Å². The molecular formula is C21H20N2O5S. The van der Waals surface area contributed by atoms with Crippen LogP contribution in [0.25, 0.3) is 10.8 Å². The first-order valence-corrected chi connectivity index (χ1v) is 10.6. The van der Waals surface area contributed by atoms with Crippen molar-refractivity contribution in [3.8, 4) is 11.5 Å². The van der Waals surface area contributed by atoms with Crippen LogP contribution in [0.1, 0.15) is 12.5 Å². The summed E-state index contributed by atoms with van der Waals surface area (Å²) in [5, 5.41) is 4.49. The van der Waals surface area contributed by atoms with Crippen molar-refractivity contribution in [2.75, 3.05) is 6.79 Å². The molecule has 1 aliphatic heterocycles. The van der Waals surface area contributed by atoms with Crippen molar-refractivity contribution in [3.05, 3.63) is 66.2 Å². The van der Waals surface area contributed by atoms with Crippen molar-refractivity contribution in [2.24, 2.45) is 0 Å². The molecule has 7 nitrogen and oxygen atoms in total. The first-order chi connectivity index (χ1) is 13.9. The Balaban J connectivity index is 1.40. The van der Waals surface area contributed by atoms with E-state index < -0.39 is 22.0 Å². The molecule has 1 heterocycles. The van der Waals surface area contributed by atoms with E-state index in [1.54, 1.807) is 24.3 Å². The van der Waals surface area contributed by atoms with Gasteiger partial charge in [0.25, 0.3) is 0 Å². The second-order valence-electron chi connectivity index (χ2n) is 6.76. The summed E-state index contributed by atoms with van der Waals surface area (Å²) in [7, 11) is -3.83. The minimum atomic E-state index is -3.83. The molecule has 8 heteroatoms. The number of ether oxygens (including phenoxy) is 2. The molecule has 0 aliphatic carbocycles. The van der Waals surface area contributed by atoms with E-state index in [0.29, 0.717) is 11.5 Å². The highest BCUT2D eigenvalue weighted by atomic mass is 32.2. The minimum absolute atomic E-state index is 0.117. The Morgan fingerprint density at radius 3 is 2.59 bits per heavy atom. The zero-order valence-electron chi connectivity index (χ0n) is 15.7. The van der Waals surface area contributed by atoms with E-state index in [-0.39, 0.29) is 18.2 Å². The largest absolute Gasteiger partial charge is 0.454 e. The predicted octanol–water partition coefficient (Wildman–Crippen LogP) is 2.55. The lowest BCUT2D eigenvalue weighted by Gasteiger charge is -2.15. The average Bonchev–Trinajstić information content (AvgIpc) is 3.19. The van der Waals surface area contributed by atoms with Crippen LogP contribution in [0.4, 0.5) is 0 Å². The zero-order chi connectivity index (χ0) is 20.4. The summed E-state index contributed by atoms with van der Waals surface area (Å²) in [6.45, 7) is 1.93. The molecule has 1 atom stereocenters. The van der Waals surface area contributed by atoms with Gasteiger partial charge in [-0.1, -0.05) is 36.4 Å². The van der Waals surface area contributed by atoms with E-state index in [2.05, 4.69) is 10.0 Å². The quantitative estimate of drug-likeness (QED) is 0.649. The highest BCUT2D eigenvalue weighted by Crippen LogP contribution is 2.32. The van der Waals surface area contributed by atoms with Gasteiger partial charge >= 0.3 is 0 Å². The molecule has 4 rings (SSSR count). The molecule has 2 N–H and O–H groups in total. The molecule has 29 heavy (non-hydrogen) atoms. The lowest BCUT2D eigenvalue weighted by atomic mass is 10.1. The van der Waals surface area contributed by atoms with Crippen molar-refractivity contribution < 1.29 is 22.7 Å². The number of hydrogen-bond donors (Lipinski definition) is 2. The van der Waals surface area contributed by atoms with E-state index in [4.69, 9.17) is 9.47 Å². The third-order valence-electron chi connectivity index (χ3n) is 4.66. The molecule has 0 aromatic heterocycles. The van der Waals surface area contributed by atoms with Crippen LogP contribution >= 0.6 is 0 Å². The van der Waals surface area contributed by atoms with Crippen LogP contribution in [0.5, 0.6) is 11.5 Å². The van der Waals surface area contributed by atoms with E-state index >= 15 is 0 Å². The Hall–Kier alpha value is -3.10. The molecule has 0 bridgehead atoms. The second-order valence-corrected chi connectivity index (χ2v) is 8.47. The fraction of sp³-hybridized carbons (Fsp3) is 0.190. The fourth-order valence-corrected chi connectivity index (χ4v) is 4.32. The van der Waals surface area contributed by atoms with Crippen molar-refractivity contribution in [3.63, 3.8) is 0 Å². The highest BCUT2D eigenvalue weighted by Gasteiger charge is 2.22. The summed E-state index contributed by atoms with van der Waals surface area (Å²) in [5.41, 5.74) is 0.826. The molecule has 1 amide bonds. The van der Waals surface area contributed by atoms with Crippen molar-refractivity contribution in [1.29, 1.82) is 0 Å². The number of benzene rings is 3. The first-order valence-electron chi connectivity index (χ1n) is 9.10. The summed E-state index contributed by atoms with van der Waals surface area (Å²) in [6.07, 6.45) is 0. The Morgan fingerprint density at radius 2 is 1.76 bits per heavy atom. The third-order valence-corrected chi connectivity index (χ3v) is 6.20. The molecule has 0 unspecified atom stereocenters. The molecule has 0 saturated carbocycles. The Kier molecular flexibility index (Phi) is 5.12. The van der Waals surface area contributed by atoms with Crippen LogP contribution in [0.15, 0.2) is 65.6 Å². The number of carbonyl (C=O) groups is 1. The van der Waals surface area contributed by atoms with E-state index in [0.717, 1.165) is 16.3 Å². The molecule has 1 aliphatic rings. The van der Waals surface area contributed by atoms with E-state index in [1.807, 2.05) is 30.3 Å². The van der Waals surface area contributed by atoms with Gasteiger partial charge in [-0.15, -0.1) is 0 Å². The van der Waals surface area contributed by atoms with Gasteiger partial charge < -0.3 is 14.8 Å². The van der Waals surface area contributed by atoms with Gasteiger partial charge in [-0.05, 0) is 47.5 Å². The fourth-order valence-electron chi connectivity index (χ4n) is 3.08. The van der Waals surface area contributed by atoms with E-state index in [1.165, 1.54) is 13.0 Å². The van der Waals surface area contributed by atoms with Crippen LogP contribution in [-0.4, -0.2) is 27.2 Å². The maximum absolute atomic E-state index is 12.7. The smallest absolute Gasteiger partial charge is 0.241 e. The molecule has 150 valence electrons. The molecule has 3 aromatic carbocycles. The van der Waals surface area contributed by atoms with Crippen LogP contribution in [0.2, 0.25) is 0 Å². The number of carbonyl (C=O) groups excluding carboxylic acids is 1. The van der Waals surface area contributed by atoms with Gasteiger partial charge in [-0.2, -0.15) is 4.72 Å². The van der Waals surface area contributed by atoms with Gasteiger partial charge in [0.2, 0.25) is 22.7 Å². The van der Waals surface area contributed by atoms with E-state index in [9.17, 15) is 13.2 Å². The Labute approximate surface area is 168 Å². The van der Waals surface area contributed by atoms with Gasteiger partial charge in [0.15, 0.2) is 11.5 Å². The van der Waals surface area contributed by atoms with Gasteiger partial charge in [-0.25, -0.2) is 8.42 Å². The van der Waals surface area contributed by atoms with Crippen LogP contribution < -0.4 is 19.5 Å². The number of sulfonamides is 1. The standard InChI is InChI=1S/C21H20N2O5S/c1-14(21(24)22-12-15-6-9-19-20(10-15)28-13-27-19)23-29(25,26)18-8-7-16-4-2-3-5-17(16)11-18/h2-11,14,23H,12-13H2,1H3,(H,22,24)/t14-/m0/s1. The van der Waals surface area contributed by atoms with Gasteiger partial charge in [0.1, 0.15) is 0 Å². The molecular weight excluding hydrogens is 392 g/mol. The topological polar surface area (TPSA) is 93.7 Å². The minimum Gasteiger partial charge on any atom is -0.454 e. The summed E-state index contributed by atoms with van der Waals surface area (Å²) in [5.74, 6) is 0.866. The predicted molar refractivity (Wildman–Crippen MR) is 108 cm³/mol. The SMILES string of the molecule is C[C@H](NS(=O)(=O)c1ccc2ccccc2c1)C(=O)NCc1ccc2c(c1)OCO2. The van der Waals surface area contributed by atoms with Crippen LogP contribution in [-0.2, 0) is 21.4 Å². The number of hydrogen-bond acceptors (Lipinski definition) is 5. The second kappa shape index (κ2) is 7.73. The summed E-state index contributed by atoms with van der Waals surface area (Å²) >= 11 is 0. The first kappa shape index (κ1) is 19.2. The number of fused-ring (bicyclic) bond motifs is 2. The molecule has 0 fully saturated rings. The Morgan fingerprint density at radius 1 is 1.00 bits per heavy atom. The average molecular weight is 412 g/mol. The molecule has 0 spiro atoms.